The van der Waals surface area contributed by atoms with Gasteiger partial charge in [-0.15, -0.1) is 0 Å². The zero-order chi connectivity index (χ0) is 31.2. The minimum atomic E-state index is 0.114. The van der Waals surface area contributed by atoms with Gasteiger partial charge in [0, 0.05) is 24.0 Å². The summed E-state index contributed by atoms with van der Waals surface area (Å²) in [6, 6.07) is 10.7. The van der Waals surface area contributed by atoms with Gasteiger partial charge in [-0.3, -0.25) is 9.59 Å². The predicted octanol–water partition coefficient (Wildman–Crippen LogP) is 8.04. The van der Waals surface area contributed by atoms with E-state index in [4.69, 9.17) is 28.4 Å². The van der Waals surface area contributed by atoms with Crippen molar-refractivity contribution in [2.24, 2.45) is 0 Å². The topological polar surface area (TPSA) is 89.5 Å². The molecule has 0 unspecified atom stereocenters. The van der Waals surface area contributed by atoms with E-state index < -0.39 is 0 Å². The fourth-order valence-corrected chi connectivity index (χ4v) is 4.94. The van der Waals surface area contributed by atoms with Crippen molar-refractivity contribution < 1.29 is 38.0 Å². The summed E-state index contributed by atoms with van der Waals surface area (Å²) in [6.45, 7) is 6.98. The molecule has 8 heteroatoms. The third-order valence-corrected chi connectivity index (χ3v) is 7.49. The van der Waals surface area contributed by atoms with Crippen LogP contribution in [0.25, 0.3) is 0 Å². The Kier molecular flexibility index (Phi) is 17.3. The standard InChI is InChI=1S/C36H52O8/c1-3-5-7-9-11-13-31(37)29-15-17-33-35(27-29)43-25-21-39-20-24-42-34-18-16-30(32(38)14-12-10-8-6-4-2)28-36(34)44-26-22-40-19-23-41-33/h15-18,27-28H,3-14,19-26H2,1-2H3. The fraction of sp³-hybridized carbons (Fsp3) is 0.611. The molecule has 0 spiro atoms. The number of fused-ring (bicyclic) bond motifs is 2. The van der Waals surface area contributed by atoms with E-state index in [9.17, 15) is 9.59 Å². The zero-order valence-electron chi connectivity index (χ0n) is 26.9. The number of benzene rings is 2. The summed E-state index contributed by atoms with van der Waals surface area (Å²) >= 11 is 0. The first-order chi connectivity index (χ1) is 21.6. The van der Waals surface area contributed by atoms with Crippen molar-refractivity contribution in [2.75, 3.05) is 52.9 Å². The van der Waals surface area contributed by atoms with Gasteiger partial charge in [-0.05, 0) is 49.2 Å². The van der Waals surface area contributed by atoms with E-state index in [0.717, 1.165) is 38.5 Å². The molecule has 244 valence electrons. The molecule has 0 N–H and O–H groups in total. The zero-order valence-corrected chi connectivity index (χ0v) is 26.9. The quantitative estimate of drug-likeness (QED) is 0.156. The van der Waals surface area contributed by atoms with Crippen LogP contribution in [0.2, 0.25) is 0 Å². The second-order valence-corrected chi connectivity index (χ2v) is 11.1. The molecule has 0 fully saturated rings. The first-order valence-electron chi connectivity index (χ1n) is 16.6. The third-order valence-electron chi connectivity index (χ3n) is 7.49. The Labute approximate surface area is 263 Å². The molecule has 0 radical (unpaired) electrons. The molecule has 44 heavy (non-hydrogen) atoms. The Balaban J connectivity index is 1.55. The van der Waals surface area contributed by atoms with Crippen molar-refractivity contribution in [3.63, 3.8) is 0 Å². The highest BCUT2D eigenvalue weighted by Crippen LogP contribution is 2.31. The van der Waals surface area contributed by atoms with Crippen molar-refractivity contribution >= 4 is 11.6 Å². The smallest absolute Gasteiger partial charge is 0.163 e. The lowest BCUT2D eigenvalue weighted by Gasteiger charge is -2.16. The maximum absolute atomic E-state index is 12.8. The Morgan fingerprint density at radius 2 is 0.841 bits per heavy atom. The monoisotopic (exact) mass is 612 g/mol. The summed E-state index contributed by atoms with van der Waals surface area (Å²) in [5.41, 5.74) is 1.26. The Bertz CT molecular complexity index is 1030. The van der Waals surface area contributed by atoms with E-state index in [0.29, 0.717) is 99.8 Å². The molecule has 3 rings (SSSR count). The number of rotatable bonds is 14. The van der Waals surface area contributed by atoms with E-state index in [-0.39, 0.29) is 11.6 Å². The number of unbranched alkanes of at least 4 members (excludes halogenated alkanes) is 8. The number of carbonyl (C=O) groups excluding carboxylic acids is 2. The van der Waals surface area contributed by atoms with Crippen LogP contribution in [-0.4, -0.2) is 64.4 Å². The molecule has 0 amide bonds. The lowest BCUT2D eigenvalue weighted by atomic mass is 10.0. The van der Waals surface area contributed by atoms with Gasteiger partial charge in [-0.1, -0.05) is 65.2 Å². The molecule has 1 heterocycles. The number of ether oxygens (including phenoxy) is 6. The third kappa shape index (κ3) is 13.3. The molecule has 0 saturated carbocycles. The van der Waals surface area contributed by atoms with Crippen molar-refractivity contribution in [2.45, 2.75) is 90.9 Å². The second-order valence-electron chi connectivity index (χ2n) is 11.1. The molecule has 0 atom stereocenters. The molecule has 8 nitrogen and oxygen atoms in total. The number of hydrogen-bond acceptors (Lipinski definition) is 8. The first kappa shape index (κ1) is 35.4. The van der Waals surface area contributed by atoms with Crippen LogP contribution in [0.5, 0.6) is 23.0 Å². The van der Waals surface area contributed by atoms with Crippen LogP contribution in [0.4, 0.5) is 0 Å². The van der Waals surface area contributed by atoms with Crippen molar-refractivity contribution in [3.8, 4) is 23.0 Å². The highest BCUT2D eigenvalue weighted by Gasteiger charge is 2.14. The summed E-state index contributed by atoms with van der Waals surface area (Å²) in [7, 11) is 0. The number of carbonyl (C=O) groups is 2. The Morgan fingerprint density at radius 1 is 0.477 bits per heavy atom. The summed E-state index contributed by atoms with van der Waals surface area (Å²) < 4.78 is 35.3. The van der Waals surface area contributed by atoms with E-state index in [2.05, 4.69) is 13.8 Å². The molecule has 1 aliphatic rings. The van der Waals surface area contributed by atoms with Crippen LogP contribution in [0.1, 0.15) is 112 Å². The van der Waals surface area contributed by atoms with Gasteiger partial charge in [0.25, 0.3) is 0 Å². The molecule has 2 aromatic carbocycles. The maximum atomic E-state index is 12.8. The maximum Gasteiger partial charge on any atom is 0.163 e. The van der Waals surface area contributed by atoms with Gasteiger partial charge in [-0.2, -0.15) is 0 Å². The number of hydrogen-bond donors (Lipinski definition) is 0. The van der Waals surface area contributed by atoms with Gasteiger partial charge in [-0.25, -0.2) is 0 Å². The minimum Gasteiger partial charge on any atom is -0.487 e. The molecular weight excluding hydrogens is 560 g/mol. The highest BCUT2D eigenvalue weighted by atomic mass is 16.6. The predicted molar refractivity (Wildman–Crippen MR) is 172 cm³/mol. The molecular formula is C36H52O8. The summed E-state index contributed by atoms with van der Waals surface area (Å²) in [5, 5.41) is 0. The van der Waals surface area contributed by atoms with E-state index >= 15 is 0 Å². The molecule has 0 bridgehead atoms. The summed E-state index contributed by atoms with van der Waals surface area (Å²) in [5.74, 6) is 2.39. The van der Waals surface area contributed by atoms with Gasteiger partial charge in [0.1, 0.15) is 26.4 Å². The van der Waals surface area contributed by atoms with Crippen LogP contribution in [0.3, 0.4) is 0 Å². The van der Waals surface area contributed by atoms with E-state index in [1.54, 1.807) is 36.4 Å². The van der Waals surface area contributed by atoms with Crippen molar-refractivity contribution in [1.29, 1.82) is 0 Å². The second kappa shape index (κ2) is 21.6. The van der Waals surface area contributed by atoms with E-state index in [1.807, 2.05) is 0 Å². The largest absolute Gasteiger partial charge is 0.487 e. The van der Waals surface area contributed by atoms with Crippen LogP contribution >= 0.6 is 0 Å². The van der Waals surface area contributed by atoms with Crippen LogP contribution in [0.15, 0.2) is 36.4 Å². The lowest BCUT2D eigenvalue weighted by molar-refractivity contribution is 0.0639. The van der Waals surface area contributed by atoms with Gasteiger partial charge in [0.05, 0.1) is 26.4 Å². The fourth-order valence-electron chi connectivity index (χ4n) is 4.94. The van der Waals surface area contributed by atoms with Gasteiger partial charge in [0.2, 0.25) is 0 Å². The number of ketones is 2. The summed E-state index contributed by atoms with van der Waals surface area (Å²) in [6.07, 6.45) is 12.1. The molecule has 0 aromatic heterocycles. The van der Waals surface area contributed by atoms with E-state index in [1.165, 1.54) is 25.7 Å². The molecule has 1 aliphatic heterocycles. The number of Topliss-reactive ketones (excluding diaryl/α,β-unsaturated/α-hetero) is 2. The van der Waals surface area contributed by atoms with Crippen molar-refractivity contribution in [1.82, 2.24) is 0 Å². The molecule has 2 aromatic rings. The Hall–Kier alpha value is -3.10. The molecule has 0 saturated heterocycles. The average Bonchev–Trinajstić information content (AvgIpc) is 3.03. The first-order valence-corrected chi connectivity index (χ1v) is 16.6. The Morgan fingerprint density at radius 3 is 1.23 bits per heavy atom. The molecule has 0 aliphatic carbocycles. The highest BCUT2D eigenvalue weighted by molar-refractivity contribution is 5.97. The van der Waals surface area contributed by atoms with Crippen LogP contribution in [-0.2, 0) is 9.47 Å². The van der Waals surface area contributed by atoms with Crippen LogP contribution < -0.4 is 18.9 Å². The van der Waals surface area contributed by atoms with Gasteiger partial charge >= 0.3 is 0 Å². The minimum absolute atomic E-state index is 0.114. The average molecular weight is 613 g/mol. The van der Waals surface area contributed by atoms with Gasteiger partial charge in [0.15, 0.2) is 34.6 Å². The lowest BCUT2D eigenvalue weighted by Crippen LogP contribution is -2.16. The SMILES string of the molecule is CCCCCCCC(=O)c1ccc2c(c1)OCCOCCOc1ccc(C(=O)CCCCCCC)cc1OCCOCCO2. The summed E-state index contributed by atoms with van der Waals surface area (Å²) in [4.78, 5) is 25.6. The van der Waals surface area contributed by atoms with Gasteiger partial charge < -0.3 is 28.4 Å². The normalized spacial score (nSPS) is 14.8. The van der Waals surface area contributed by atoms with Crippen LogP contribution in [0, 0.1) is 0 Å². The van der Waals surface area contributed by atoms with Crippen molar-refractivity contribution in [3.05, 3.63) is 47.5 Å².